The van der Waals surface area contributed by atoms with Gasteiger partial charge in [0.2, 0.25) is 0 Å². The molecular weight excluding hydrogens is 246 g/mol. The fourth-order valence-electron chi connectivity index (χ4n) is 1.45. The minimum Gasteiger partial charge on any atom is -0.494 e. The van der Waals surface area contributed by atoms with Crippen LogP contribution in [0.3, 0.4) is 0 Å². The number of benzene rings is 1. The Hall–Kier alpha value is -1.85. The second-order valence-corrected chi connectivity index (χ2v) is 3.37. The van der Waals surface area contributed by atoms with Crippen LogP contribution in [0.25, 0.3) is 0 Å². The van der Waals surface area contributed by atoms with Crippen LogP contribution in [-0.4, -0.2) is 26.8 Å². The summed E-state index contributed by atoms with van der Waals surface area (Å²) >= 11 is 0. The van der Waals surface area contributed by atoms with Crippen LogP contribution in [0, 0.1) is 11.6 Å². The number of carbonyl (C=O) groups excluding carboxylic acids is 1. The molecule has 1 rings (SSSR count). The lowest BCUT2D eigenvalue weighted by Crippen LogP contribution is -2.12. The number of ether oxygens (including phenoxy) is 3. The van der Waals surface area contributed by atoms with Crippen molar-refractivity contribution in [1.82, 2.24) is 0 Å². The molecule has 0 bridgehead atoms. The third kappa shape index (κ3) is 2.88. The standard InChI is InChI=1S/C12H14F2O4/c1-4-18-10(15)5-7-11(13)8(16-2)6-9(17-3)12(7)14/h6H,4-5H2,1-3H3. The molecule has 0 spiro atoms. The highest BCUT2D eigenvalue weighted by molar-refractivity contribution is 5.73. The van der Waals surface area contributed by atoms with Crippen molar-refractivity contribution in [2.45, 2.75) is 13.3 Å². The van der Waals surface area contributed by atoms with Crippen LogP contribution >= 0.6 is 0 Å². The SMILES string of the molecule is CCOC(=O)Cc1c(F)c(OC)cc(OC)c1F. The van der Waals surface area contributed by atoms with Crippen molar-refractivity contribution in [2.24, 2.45) is 0 Å². The summed E-state index contributed by atoms with van der Waals surface area (Å²) in [6.07, 6.45) is -0.515. The van der Waals surface area contributed by atoms with Gasteiger partial charge in [-0.3, -0.25) is 4.79 Å². The van der Waals surface area contributed by atoms with E-state index in [9.17, 15) is 13.6 Å². The highest BCUT2D eigenvalue weighted by Crippen LogP contribution is 2.31. The number of esters is 1. The van der Waals surface area contributed by atoms with Crippen molar-refractivity contribution in [1.29, 1.82) is 0 Å². The van der Waals surface area contributed by atoms with E-state index >= 15 is 0 Å². The minimum atomic E-state index is -0.927. The molecule has 0 aliphatic heterocycles. The molecule has 4 nitrogen and oxygen atoms in total. The molecule has 18 heavy (non-hydrogen) atoms. The van der Waals surface area contributed by atoms with Gasteiger partial charge in [0.25, 0.3) is 0 Å². The monoisotopic (exact) mass is 260 g/mol. The zero-order chi connectivity index (χ0) is 13.7. The van der Waals surface area contributed by atoms with Crippen LogP contribution in [0.4, 0.5) is 8.78 Å². The summed E-state index contributed by atoms with van der Waals surface area (Å²) in [5, 5.41) is 0. The molecule has 1 aromatic carbocycles. The number of hydrogen-bond acceptors (Lipinski definition) is 4. The number of halogens is 2. The van der Waals surface area contributed by atoms with E-state index in [0.29, 0.717) is 0 Å². The fourth-order valence-corrected chi connectivity index (χ4v) is 1.45. The van der Waals surface area contributed by atoms with Gasteiger partial charge in [0.1, 0.15) is 0 Å². The maximum atomic E-state index is 13.8. The van der Waals surface area contributed by atoms with Crippen LogP contribution in [-0.2, 0) is 16.0 Å². The predicted octanol–water partition coefficient (Wildman–Crippen LogP) is 2.09. The maximum absolute atomic E-state index is 13.8. The molecule has 0 N–H and O–H groups in total. The maximum Gasteiger partial charge on any atom is 0.310 e. The Kier molecular flexibility index (Phi) is 4.88. The van der Waals surface area contributed by atoms with Gasteiger partial charge in [0.15, 0.2) is 23.1 Å². The Morgan fingerprint density at radius 1 is 1.17 bits per heavy atom. The number of carbonyl (C=O) groups is 1. The lowest BCUT2D eigenvalue weighted by molar-refractivity contribution is -0.142. The quantitative estimate of drug-likeness (QED) is 0.760. The molecule has 0 atom stereocenters. The first-order valence-electron chi connectivity index (χ1n) is 5.29. The molecule has 0 heterocycles. The van der Waals surface area contributed by atoms with E-state index in [1.165, 1.54) is 14.2 Å². The first-order valence-corrected chi connectivity index (χ1v) is 5.29. The molecule has 0 aliphatic carbocycles. The van der Waals surface area contributed by atoms with Crippen LogP contribution in [0.1, 0.15) is 12.5 Å². The first kappa shape index (κ1) is 14.2. The molecule has 0 saturated heterocycles. The molecule has 0 saturated carbocycles. The summed E-state index contributed by atoms with van der Waals surface area (Å²) in [6, 6.07) is 1.08. The molecule has 1 aromatic rings. The normalized spacial score (nSPS) is 10.1. The van der Waals surface area contributed by atoms with E-state index in [1.807, 2.05) is 0 Å². The highest BCUT2D eigenvalue weighted by atomic mass is 19.1. The van der Waals surface area contributed by atoms with Crippen LogP contribution in [0.2, 0.25) is 0 Å². The third-order valence-corrected chi connectivity index (χ3v) is 2.29. The molecular formula is C12H14F2O4. The summed E-state index contributed by atoms with van der Waals surface area (Å²) in [6.45, 7) is 1.75. The molecule has 6 heteroatoms. The Labute approximate surface area is 103 Å². The Morgan fingerprint density at radius 3 is 2.06 bits per heavy atom. The van der Waals surface area contributed by atoms with E-state index in [-0.39, 0.29) is 18.1 Å². The van der Waals surface area contributed by atoms with Gasteiger partial charge in [-0.05, 0) is 6.92 Å². The highest BCUT2D eigenvalue weighted by Gasteiger charge is 2.22. The van der Waals surface area contributed by atoms with Crippen molar-refractivity contribution in [3.63, 3.8) is 0 Å². The van der Waals surface area contributed by atoms with Crippen molar-refractivity contribution in [3.05, 3.63) is 23.3 Å². The average Bonchev–Trinajstić information content (AvgIpc) is 2.35. The molecule has 0 fully saturated rings. The van der Waals surface area contributed by atoms with Crippen LogP contribution in [0.15, 0.2) is 6.07 Å². The van der Waals surface area contributed by atoms with Crippen molar-refractivity contribution >= 4 is 5.97 Å². The molecule has 0 amide bonds. The smallest absolute Gasteiger partial charge is 0.310 e. The summed E-state index contributed by atoms with van der Waals surface area (Å²) < 4.78 is 41.8. The number of hydrogen-bond donors (Lipinski definition) is 0. The summed E-state index contributed by atoms with van der Waals surface area (Å²) in [5.74, 6) is -2.95. The van der Waals surface area contributed by atoms with Gasteiger partial charge in [0.05, 0.1) is 27.2 Å². The van der Waals surface area contributed by atoms with Crippen molar-refractivity contribution in [3.8, 4) is 11.5 Å². The van der Waals surface area contributed by atoms with E-state index < -0.39 is 29.6 Å². The lowest BCUT2D eigenvalue weighted by atomic mass is 10.1. The molecule has 0 aromatic heterocycles. The van der Waals surface area contributed by atoms with Gasteiger partial charge in [0, 0.05) is 11.6 Å². The summed E-state index contributed by atoms with van der Waals surface area (Å²) in [7, 11) is 2.48. The lowest BCUT2D eigenvalue weighted by Gasteiger charge is -2.12. The topological polar surface area (TPSA) is 44.8 Å². The predicted molar refractivity (Wildman–Crippen MR) is 59.8 cm³/mol. The van der Waals surface area contributed by atoms with Gasteiger partial charge < -0.3 is 14.2 Å². The van der Waals surface area contributed by atoms with Crippen LogP contribution in [0.5, 0.6) is 11.5 Å². The van der Waals surface area contributed by atoms with Gasteiger partial charge in [-0.25, -0.2) is 8.78 Å². The molecule has 0 aliphatic rings. The first-order chi connectivity index (χ1) is 8.54. The second kappa shape index (κ2) is 6.18. The van der Waals surface area contributed by atoms with Crippen LogP contribution < -0.4 is 9.47 Å². The largest absolute Gasteiger partial charge is 0.494 e. The summed E-state index contributed by atoms with van der Waals surface area (Å²) in [5.41, 5.74) is -0.426. The zero-order valence-electron chi connectivity index (χ0n) is 10.4. The Morgan fingerprint density at radius 2 is 1.67 bits per heavy atom. The van der Waals surface area contributed by atoms with Gasteiger partial charge >= 0.3 is 5.97 Å². The van der Waals surface area contributed by atoms with E-state index in [0.717, 1.165) is 6.07 Å². The van der Waals surface area contributed by atoms with Crippen molar-refractivity contribution < 1.29 is 27.8 Å². The van der Waals surface area contributed by atoms with E-state index in [1.54, 1.807) is 6.92 Å². The minimum absolute atomic E-state index is 0.142. The van der Waals surface area contributed by atoms with Gasteiger partial charge in [-0.2, -0.15) is 0 Å². The average molecular weight is 260 g/mol. The molecule has 0 radical (unpaired) electrons. The van der Waals surface area contributed by atoms with Crippen molar-refractivity contribution in [2.75, 3.05) is 20.8 Å². The van der Waals surface area contributed by atoms with Gasteiger partial charge in [-0.15, -0.1) is 0 Å². The fraction of sp³-hybridized carbons (Fsp3) is 0.417. The molecule has 0 unspecified atom stereocenters. The molecule has 100 valence electrons. The van der Waals surface area contributed by atoms with Gasteiger partial charge in [-0.1, -0.05) is 0 Å². The second-order valence-electron chi connectivity index (χ2n) is 3.37. The van der Waals surface area contributed by atoms with E-state index in [4.69, 9.17) is 9.47 Å². The summed E-state index contributed by atoms with van der Waals surface area (Å²) in [4.78, 5) is 11.3. The third-order valence-electron chi connectivity index (χ3n) is 2.29. The Bertz CT molecular complexity index is 418. The number of rotatable bonds is 5. The zero-order valence-corrected chi connectivity index (χ0v) is 10.4. The Balaban J connectivity index is 3.19. The van der Waals surface area contributed by atoms with E-state index in [2.05, 4.69) is 4.74 Å². The number of methoxy groups -OCH3 is 2.